The van der Waals surface area contributed by atoms with E-state index < -0.39 is 16.8 Å². The van der Waals surface area contributed by atoms with Gasteiger partial charge in [0.25, 0.3) is 11.6 Å². The third kappa shape index (κ3) is 4.39. The Kier molecular flexibility index (Phi) is 5.45. The number of amides is 1. The Balaban J connectivity index is 1.83. The number of nitrogens with one attached hydrogen (secondary N) is 1. The van der Waals surface area contributed by atoms with E-state index in [0.29, 0.717) is 12.2 Å². The molecular weight excluding hydrogens is 364 g/mol. The summed E-state index contributed by atoms with van der Waals surface area (Å²) in [5, 5.41) is 13.8. The molecule has 1 aromatic heterocycles. The Morgan fingerprint density at radius 2 is 2.00 bits per heavy atom. The van der Waals surface area contributed by atoms with Crippen LogP contribution in [0.2, 0.25) is 0 Å². The van der Waals surface area contributed by atoms with Crippen molar-refractivity contribution in [1.82, 2.24) is 9.55 Å². The molecule has 0 radical (unpaired) electrons. The highest BCUT2D eigenvalue weighted by Crippen LogP contribution is 2.20. The fraction of sp³-hybridized carbons (Fsp3) is 0.105. The van der Waals surface area contributed by atoms with Crippen LogP contribution in [0.4, 0.5) is 11.4 Å². The predicted octanol–water partition coefficient (Wildman–Crippen LogP) is 2.88. The van der Waals surface area contributed by atoms with Crippen LogP contribution in [0.3, 0.4) is 0 Å². The topological polar surface area (TPSA) is 116 Å². The van der Waals surface area contributed by atoms with Crippen LogP contribution in [0.5, 0.6) is 0 Å². The lowest BCUT2D eigenvalue weighted by molar-refractivity contribution is -0.384. The van der Waals surface area contributed by atoms with E-state index in [2.05, 4.69) is 15.0 Å². The number of esters is 1. The second-order valence-electron chi connectivity index (χ2n) is 5.91. The lowest BCUT2D eigenvalue weighted by Crippen LogP contribution is -2.14. The van der Waals surface area contributed by atoms with Gasteiger partial charge in [-0.3, -0.25) is 14.9 Å². The van der Waals surface area contributed by atoms with Crippen LogP contribution in [-0.4, -0.2) is 33.5 Å². The molecule has 9 nitrogen and oxygen atoms in total. The first-order valence-corrected chi connectivity index (χ1v) is 8.20. The highest BCUT2D eigenvalue weighted by Gasteiger charge is 2.18. The van der Waals surface area contributed by atoms with Crippen LogP contribution in [0.25, 0.3) is 0 Å². The summed E-state index contributed by atoms with van der Waals surface area (Å²) in [4.78, 5) is 38.7. The second-order valence-corrected chi connectivity index (χ2v) is 5.91. The molecule has 0 saturated heterocycles. The molecule has 1 N–H and O–H groups in total. The van der Waals surface area contributed by atoms with Gasteiger partial charge in [-0.2, -0.15) is 0 Å². The molecule has 1 amide bonds. The van der Waals surface area contributed by atoms with Crippen LogP contribution >= 0.6 is 0 Å². The van der Waals surface area contributed by atoms with Gasteiger partial charge in [0.15, 0.2) is 0 Å². The molecule has 0 aliphatic carbocycles. The zero-order valence-corrected chi connectivity index (χ0v) is 14.9. The summed E-state index contributed by atoms with van der Waals surface area (Å²) in [6, 6.07) is 10.6. The summed E-state index contributed by atoms with van der Waals surface area (Å²) in [7, 11) is 1.16. The van der Waals surface area contributed by atoms with E-state index in [9.17, 15) is 19.7 Å². The van der Waals surface area contributed by atoms with Crippen molar-refractivity contribution in [3.63, 3.8) is 0 Å². The Morgan fingerprint density at radius 1 is 1.21 bits per heavy atom. The van der Waals surface area contributed by atoms with Gasteiger partial charge in [-0.05, 0) is 23.8 Å². The van der Waals surface area contributed by atoms with Crippen molar-refractivity contribution >= 4 is 23.3 Å². The zero-order valence-electron chi connectivity index (χ0n) is 14.9. The largest absolute Gasteiger partial charge is 0.465 e. The number of carbonyl (C=O) groups excluding carboxylic acids is 2. The average Bonchev–Trinajstić information content (AvgIpc) is 3.20. The number of nitrogens with zero attached hydrogens (tertiary/aromatic N) is 3. The Labute approximate surface area is 159 Å². The molecule has 142 valence electrons. The predicted molar refractivity (Wildman–Crippen MR) is 100 cm³/mol. The minimum absolute atomic E-state index is 0.0189. The fourth-order valence-corrected chi connectivity index (χ4v) is 2.63. The number of non-ortho nitro benzene ring substituents is 1. The first kappa shape index (κ1) is 18.8. The Bertz CT molecular complexity index is 1030. The van der Waals surface area contributed by atoms with Gasteiger partial charge in [0, 0.05) is 42.3 Å². The third-order valence-corrected chi connectivity index (χ3v) is 3.92. The average molecular weight is 380 g/mol. The summed E-state index contributed by atoms with van der Waals surface area (Å²) in [6.07, 6.45) is 5.18. The number of aromatic nitrogens is 2. The molecule has 1 heterocycles. The number of nitro groups is 1. The molecule has 0 aliphatic rings. The number of hydrogen-bond donors (Lipinski definition) is 1. The van der Waals surface area contributed by atoms with E-state index >= 15 is 0 Å². The molecule has 3 aromatic rings. The number of rotatable bonds is 6. The smallest absolute Gasteiger partial charge is 0.338 e. The summed E-state index contributed by atoms with van der Waals surface area (Å²) in [5.41, 5.74) is 0.992. The fourth-order valence-electron chi connectivity index (χ4n) is 2.63. The molecule has 0 spiro atoms. The van der Waals surface area contributed by atoms with Gasteiger partial charge in [-0.1, -0.05) is 12.1 Å². The van der Waals surface area contributed by atoms with Gasteiger partial charge in [0.1, 0.15) is 0 Å². The Hall–Kier alpha value is -4.01. The standard InChI is InChI=1S/C19H16N4O5/c1-28-19(25)15-8-14(9-17(10-15)23(26)27)18(24)21-16-4-2-3-13(7-16)11-22-6-5-20-12-22/h2-10,12H,11H2,1H3,(H,21,24). The van der Waals surface area contributed by atoms with E-state index in [4.69, 9.17) is 0 Å². The highest BCUT2D eigenvalue weighted by atomic mass is 16.6. The molecule has 0 aliphatic heterocycles. The van der Waals surface area contributed by atoms with Crippen molar-refractivity contribution in [3.05, 3.63) is 88.0 Å². The lowest BCUT2D eigenvalue weighted by Gasteiger charge is -2.09. The van der Waals surface area contributed by atoms with Crippen LogP contribution in [0.15, 0.2) is 61.2 Å². The van der Waals surface area contributed by atoms with Gasteiger partial charge >= 0.3 is 5.97 Å². The molecule has 28 heavy (non-hydrogen) atoms. The van der Waals surface area contributed by atoms with Gasteiger partial charge in [0.2, 0.25) is 0 Å². The molecular formula is C19H16N4O5. The maximum Gasteiger partial charge on any atom is 0.338 e. The van der Waals surface area contributed by atoms with Crippen LogP contribution in [0, 0.1) is 10.1 Å². The number of nitro benzene ring substituents is 1. The van der Waals surface area contributed by atoms with Gasteiger partial charge in [-0.15, -0.1) is 0 Å². The molecule has 0 bridgehead atoms. The molecule has 0 saturated carbocycles. The van der Waals surface area contributed by atoms with Crippen molar-refractivity contribution in [2.75, 3.05) is 12.4 Å². The highest BCUT2D eigenvalue weighted by molar-refractivity contribution is 6.06. The first-order chi connectivity index (χ1) is 13.5. The second kappa shape index (κ2) is 8.12. The minimum atomic E-state index is -0.764. The molecule has 9 heteroatoms. The number of methoxy groups -OCH3 is 1. The summed E-state index contributed by atoms with van der Waals surface area (Å²) >= 11 is 0. The maximum atomic E-state index is 12.6. The molecule has 0 atom stereocenters. The first-order valence-electron chi connectivity index (χ1n) is 8.20. The SMILES string of the molecule is COC(=O)c1cc(C(=O)Nc2cccc(Cn3ccnc3)c2)cc([N+](=O)[O-])c1. The van der Waals surface area contributed by atoms with Gasteiger partial charge < -0.3 is 14.6 Å². The van der Waals surface area contributed by atoms with Crippen molar-refractivity contribution in [1.29, 1.82) is 0 Å². The lowest BCUT2D eigenvalue weighted by atomic mass is 10.1. The molecule has 0 fully saturated rings. The van der Waals surface area contributed by atoms with Crippen LogP contribution in [0.1, 0.15) is 26.3 Å². The van der Waals surface area contributed by atoms with E-state index in [0.717, 1.165) is 24.8 Å². The molecule has 0 unspecified atom stereocenters. The summed E-state index contributed by atoms with van der Waals surface area (Å²) in [6.45, 7) is 0.576. The van der Waals surface area contributed by atoms with Crippen LogP contribution < -0.4 is 5.32 Å². The summed E-state index contributed by atoms with van der Waals surface area (Å²) in [5.74, 6) is -1.34. The zero-order chi connectivity index (χ0) is 20.1. The van der Waals surface area contributed by atoms with Crippen molar-refractivity contribution in [3.8, 4) is 0 Å². The van der Waals surface area contributed by atoms with Gasteiger partial charge in [0.05, 0.1) is 23.9 Å². The monoisotopic (exact) mass is 380 g/mol. The number of ether oxygens (including phenoxy) is 1. The van der Waals surface area contributed by atoms with Crippen molar-refractivity contribution in [2.45, 2.75) is 6.54 Å². The number of carbonyl (C=O) groups is 2. The van der Waals surface area contributed by atoms with Crippen LogP contribution in [-0.2, 0) is 11.3 Å². The maximum absolute atomic E-state index is 12.6. The normalized spacial score (nSPS) is 10.3. The van der Waals surface area contributed by atoms with E-state index in [-0.39, 0.29) is 16.8 Å². The van der Waals surface area contributed by atoms with E-state index in [1.165, 1.54) is 6.07 Å². The van der Waals surface area contributed by atoms with Gasteiger partial charge in [-0.25, -0.2) is 9.78 Å². The van der Waals surface area contributed by atoms with Crippen molar-refractivity contribution < 1.29 is 19.2 Å². The van der Waals surface area contributed by atoms with Crippen molar-refractivity contribution in [2.24, 2.45) is 0 Å². The third-order valence-electron chi connectivity index (χ3n) is 3.92. The Morgan fingerprint density at radius 3 is 2.68 bits per heavy atom. The quantitative estimate of drug-likeness (QED) is 0.399. The number of anilines is 1. The molecule has 3 rings (SSSR count). The summed E-state index contributed by atoms with van der Waals surface area (Å²) < 4.78 is 6.47. The number of hydrogen-bond acceptors (Lipinski definition) is 6. The number of benzene rings is 2. The molecule has 2 aromatic carbocycles. The number of imidazole rings is 1. The van der Waals surface area contributed by atoms with E-state index in [1.807, 2.05) is 16.8 Å². The van der Waals surface area contributed by atoms with E-state index in [1.54, 1.807) is 30.7 Å². The minimum Gasteiger partial charge on any atom is -0.465 e.